The number of sulfonamides is 1. The van der Waals surface area contributed by atoms with Crippen molar-refractivity contribution in [2.75, 3.05) is 6.54 Å². The Hall–Kier alpha value is -0.440. The normalized spacial score (nSPS) is 15.6. The summed E-state index contributed by atoms with van der Waals surface area (Å²) in [6.45, 7) is 0.00480. The average molecular weight is 427 g/mol. The largest absolute Gasteiger partial charge is 0.481 e. The highest BCUT2D eigenvalue weighted by atomic mass is 79.9. The van der Waals surface area contributed by atoms with Gasteiger partial charge in [0, 0.05) is 21.5 Å². The predicted molar refractivity (Wildman–Crippen MR) is 81.0 cm³/mol. The average Bonchev–Trinajstić information content (AvgIpc) is 3.12. The van der Waals surface area contributed by atoms with Gasteiger partial charge in [-0.3, -0.25) is 4.79 Å². The van der Waals surface area contributed by atoms with Crippen molar-refractivity contribution >= 4 is 47.9 Å². The van der Waals surface area contributed by atoms with Crippen LogP contribution in [0.2, 0.25) is 0 Å². The molecule has 1 fully saturated rings. The fourth-order valence-electron chi connectivity index (χ4n) is 1.88. The third-order valence-corrected chi connectivity index (χ3v) is 6.40. The summed E-state index contributed by atoms with van der Waals surface area (Å²) in [6.07, 6.45) is 1.38. The molecule has 20 heavy (non-hydrogen) atoms. The summed E-state index contributed by atoms with van der Waals surface area (Å²) in [5.41, 5.74) is 0. The van der Waals surface area contributed by atoms with Gasteiger partial charge < -0.3 is 5.11 Å². The smallest absolute Gasteiger partial charge is 0.304 e. The zero-order valence-corrected chi connectivity index (χ0v) is 14.4. The van der Waals surface area contributed by atoms with E-state index in [4.69, 9.17) is 5.11 Å². The number of carboxylic acids is 1. The number of halogens is 2. The van der Waals surface area contributed by atoms with Gasteiger partial charge >= 0.3 is 5.97 Å². The van der Waals surface area contributed by atoms with E-state index >= 15 is 0 Å². The van der Waals surface area contributed by atoms with Crippen LogP contribution in [0.4, 0.5) is 0 Å². The number of carboxylic acid groups (broad SMARTS) is 1. The van der Waals surface area contributed by atoms with Crippen LogP contribution in [0.25, 0.3) is 0 Å². The van der Waals surface area contributed by atoms with Crippen molar-refractivity contribution in [3.05, 3.63) is 27.1 Å². The summed E-state index contributed by atoms with van der Waals surface area (Å²) in [5, 5.41) is 8.75. The van der Waals surface area contributed by atoms with E-state index in [9.17, 15) is 13.2 Å². The molecule has 1 aromatic rings. The highest BCUT2D eigenvalue weighted by Gasteiger charge is 2.38. The van der Waals surface area contributed by atoms with Crippen LogP contribution >= 0.6 is 31.9 Å². The van der Waals surface area contributed by atoms with Crippen LogP contribution in [-0.2, 0) is 14.8 Å². The maximum atomic E-state index is 12.6. The van der Waals surface area contributed by atoms with Gasteiger partial charge in [-0.1, -0.05) is 15.9 Å². The van der Waals surface area contributed by atoms with Crippen molar-refractivity contribution in [1.29, 1.82) is 0 Å². The topological polar surface area (TPSA) is 74.7 Å². The fourth-order valence-corrected chi connectivity index (χ4v) is 5.27. The molecule has 0 unspecified atom stereocenters. The van der Waals surface area contributed by atoms with Crippen molar-refractivity contribution in [3.8, 4) is 0 Å². The summed E-state index contributed by atoms with van der Waals surface area (Å²) < 4.78 is 27.8. The molecule has 0 saturated heterocycles. The Kier molecular flexibility index (Phi) is 4.88. The molecule has 0 spiro atoms. The predicted octanol–water partition coefficient (Wildman–Crippen LogP) is 2.84. The van der Waals surface area contributed by atoms with Gasteiger partial charge in [0.25, 0.3) is 0 Å². The van der Waals surface area contributed by atoms with Crippen molar-refractivity contribution in [2.45, 2.75) is 30.2 Å². The second-order valence-electron chi connectivity index (χ2n) is 4.57. The fraction of sp³-hybridized carbons (Fsp3) is 0.417. The highest BCUT2D eigenvalue weighted by Crippen LogP contribution is 2.35. The Bertz CT molecular complexity index is 628. The van der Waals surface area contributed by atoms with Gasteiger partial charge in [0.2, 0.25) is 10.0 Å². The second-order valence-corrected chi connectivity index (χ2v) is 8.19. The van der Waals surface area contributed by atoms with Gasteiger partial charge in [-0.15, -0.1) is 0 Å². The van der Waals surface area contributed by atoms with E-state index in [1.165, 1.54) is 10.4 Å². The molecule has 0 heterocycles. The number of rotatable bonds is 6. The van der Waals surface area contributed by atoms with E-state index in [1.54, 1.807) is 12.1 Å². The number of hydrogen-bond acceptors (Lipinski definition) is 3. The highest BCUT2D eigenvalue weighted by molar-refractivity contribution is 9.11. The third-order valence-electron chi connectivity index (χ3n) is 2.98. The summed E-state index contributed by atoms with van der Waals surface area (Å²) in [4.78, 5) is 10.8. The first-order valence-corrected chi connectivity index (χ1v) is 9.03. The summed E-state index contributed by atoms with van der Waals surface area (Å²) in [6, 6.07) is 4.75. The van der Waals surface area contributed by atoms with E-state index in [2.05, 4.69) is 31.9 Å². The van der Waals surface area contributed by atoms with E-state index < -0.39 is 16.0 Å². The molecule has 1 saturated carbocycles. The van der Waals surface area contributed by atoms with E-state index in [1.807, 2.05) is 0 Å². The molecule has 1 aromatic carbocycles. The molecule has 8 heteroatoms. The Morgan fingerprint density at radius 2 is 2.00 bits per heavy atom. The molecule has 0 bridgehead atoms. The van der Waals surface area contributed by atoms with Gasteiger partial charge in [0.15, 0.2) is 0 Å². The second kappa shape index (κ2) is 6.13. The van der Waals surface area contributed by atoms with Crippen LogP contribution in [0.1, 0.15) is 19.3 Å². The van der Waals surface area contributed by atoms with Crippen LogP contribution in [-0.4, -0.2) is 36.4 Å². The summed E-state index contributed by atoms with van der Waals surface area (Å²) in [5.74, 6) is -0.999. The first-order chi connectivity index (χ1) is 9.32. The first kappa shape index (κ1) is 15.9. The number of carbonyl (C=O) groups is 1. The van der Waals surface area contributed by atoms with Crippen LogP contribution in [0, 0.1) is 0 Å². The van der Waals surface area contributed by atoms with Crippen LogP contribution < -0.4 is 0 Å². The minimum Gasteiger partial charge on any atom is -0.481 e. The molecule has 2 rings (SSSR count). The molecule has 0 atom stereocenters. The van der Waals surface area contributed by atoms with Crippen LogP contribution in [0.5, 0.6) is 0 Å². The van der Waals surface area contributed by atoms with Crippen LogP contribution in [0.3, 0.4) is 0 Å². The zero-order chi connectivity index (χ0) is 14.9. The lowest BCUT2D eigenvalue weighted by Gasteiger charge is -2.21. The van der Waals surface area contributed by atoms with Crippen molar-refractivity contribution in [1.82, 2.24) is 4.31 Å². The summed E-state index contributed by atoms with van der Waals surface area (Å²) >= 11 is 6.52. The minimum atomic E-state index is -3.68. The number of aliphatic carboxylic acids is 1. The zero-order valence-electron chi connectivity index (χ0n) is 10.4. The molecule has 110 valence electrons. The molecular weight excluding hydrogens is 414 g/mol. The number of nitrogens with zero attached hydrogens (tertiary/aromatic N) is 1. The molecule has 0 aliphatic heterocycles. The Morgan fingerprint density at radius 1 is 1.35 bits per heavy atom. The lowest BCUT2D eigenvalue weighted by atomic mass is 10.4. The molecule has 5 nitrogen and oxygen atoms in total. The molecule has 1 aliphatic rings. The van der Waals surface area contributed by atoms with Crippen molar-refractivity contribution in [3.63, 3.8) is 0 Å². The first-order valence-electron chi connectivity index (χ1n) is 6.01. The lowest BCUT2D eigenvalue weighted by molar-refractivity contribution is -0.137. The van der Waals surface area contributed by atoms with Crippen molar-refractivity contribution < 1.29 is 18.3 Å². The monoisotopic (exact) mass is 425 g/mol. The molecule has 0 aromatic heterocycles. The van der Waals surface area contributed by atoms with Crippen LogP contribution in [0.15, 0.2) is 32.0 Å². The summed E-state index contributed by atoms with van der Waals surface area (Å²) in [7, 11) is -3.68. The number of hydrogen-bond donors (Lipinski definition) is 1. The Labute approximate surface area is 134 Å². The van der Waals surface area contributed by atoms with E-state index in [0.29, 0.717) is 4.47 Å². The van der Waals surface area contributed by atoms with Gasteiger partial charge in [0.05, 0.1) is 11.3 Å². The maximum Gasteiger partial charge on any atom is 0.304 e. The van der Waals surface area contributed by atoms with E-state index in [0.717, 1.165) is 17.3 Å². The molecule has 0 amide bonds. The Morgan fingerprint density at radius 3 is 2.50 bits per heavy atom. The van der Waals surface area contributed by atoms with Crippen molar-refractivity contribution in [2.24, 2.45) is 0 Å². The van der Waals surface area contributed by atoms with Gasteiger partial charge in [0.1, 0.15) is 0 Å². The Balaban J connectivity index is 2.32. The van der Waals surface area contributed by atoms with Gasteiger partial charge in [-0.25, -0.2) is 8.42 Å². The minimum absolute atomic E-state index is 0.00480. The van der Waals surface area contributed by atoms with E-state index in [-0.39, 0.29) is 23.9 Å². The van der Waals surface area contributed by atoms with Gasteiger partial charge in [-0.2, -0.15) is 4.31 Å². The molecule has 0 radical (unpaired) electrons. The number of benzene rings is 1. The maximum absolute atomic E-state index is 12.6. The third kappa shape index (κ3) is 3.60. The molecule has 1 aliphatic carbocycles. The molecule has 1 N–H and O–H groups in total. The standard InChI is InChI=1S/C12H13Br2NO4S/c13-8-1-4-11(10(14)7-8)20(18,19)15(9-2-3-9)6-5-12(16)17/h1,4,7,9H,2-3,5-6H2,(H,16,17). The van der Waals surface area contributed by atoms with Gasteiger partial charge in [-0.05, 0) is 47.0 Å². The quantitative estimate of drug-likeness (QED) is 0.758. The molecular formula is C12H13Br2NO4S. The lowest BCUT2D eigenvalue weighted by Crippen LogP contribution is -2.35. The SMILES string of the molecule is O=C(O)CCN(C1CC1)S(=O)(=O)c1ccc(Br)cc1Br.